The Hall–Kier alpha value is -3.15. The third-order valence-electron chi connectivity index (χ3n) is 6.45. The number of hydrogen-bond acceptors (Lipinski definition) is 3. The zero-order valence-electron chi connectivity index (χ0n) is 19.5. The summed E-state index contributed by atoms with van der Waals surface area (Å²) >= 11 is 0. The topological polar surface area (TPSA) is 58.4 Å². The molecular weight excluding hydrogens is 400 g/mol. The van der Waals surface area contributed by atoms with E-state index in [-0.39, 0.29) is 24.3 Å². The van der Waals surface area contributed by atoms with Gasteiger partial charge in [-0.15, -0.1) is 0 Å². The zero-order valence-corrected chi connectivity index (χ0v) is 19.5. The van der Waals surface area contributed by atoms with Gasteiger partial charge in [0.25, 0.3) is 0 Å². The van der Waals surface area contributed by atoms with Crippen LogP contribution in [0.15, 0.2) is 42.5 Å². The van der Waals surface area contributed by atoms with Gasteiger partial charge in [0.05, 0.1) is 11.0 Å². The van der Waals surface area contributed by atoms with E-state index in [4.69, 9.17) is 4.98 Å². The first-order valence-electron chi connectivity index (χ1n) is 11.5. The van der Waals surface area contributed by atoms with Crippen LogP contribution in [0.25, 0.3) is 11.0 Å². The van der Waals surface area contributed by atoms with E-state index in [1.807, 2.05) is 72.8 Å². The lowest BCUT2D eigenvalue weighted by molar-refractivity contribution is -0.130. The van der Waals surface area contributed by atoms with E-state index in [2.05, 4.69) is 6.92 Å². The molecule has 6 nitrogen and oxygen atoms in total. The van der Waals surface area contributed by atoms with Gasteiger partial charge < -0.3 is 14.4 Å². The Kier molecular flexibility index (Phi) is 6.31. The normalized spacial score (nSPS) is 16.2. The number of para-hydroxylation sites is 3. The van der Waals surface area contributed by atoms with Crippen LogP contribution < -0.4 is 4.90 Å². The molecule has 2 aromatic carbocycles. The molecule has 1 unspecified atom stereocenters. The van der Waals surface area contributed by atoms with E-state index in [9.17, 15) is 9.59 Å². The standard InChI is InChI=1S/C26H32N4O2/c1-5-6-14-28(4)24(32)17-29-22-13-8-7-12-21(22)27-26(29)20-15-23(31)30(16-20)25-18(2)10-9-11-19(25)3/h7-13,20H,5-6,14-17H2,1-4H3. The Bertz CT molecular complexity index is 1130. The van der Waals surface area contributed by atoms with Crippen molar-refractivity contribution in [3.8, 4) is 0 Å². The fourth-order valence-corrected chi connectivity index (χ4v) is 4.68. The van der Waals surface area contributed by atoms with Crippen molar-refractivity contribution < 1.29 is 9.59 Å². The predicted molar refractivity (Wildman–Crippen MR) is 128 cm³/mol. The molecule has 0 aliphatic carbocycles. The van der Waals surface area contributed by atoms with Crippen LogP contribution in [-0.4, -0.2) is 46.4 Å². The van der Waals surface area contributed by atoms with E-state index in [0.717, 1.165) is 53.1 Å². The lowest BCUT2D eigenvalue weighted by atomic mass is 10.1. The molecule has 0 saturated carbocycles. The predicted octanol–water partition coefficient (Wildman–Crippen LogP) is 4.43. The van der Waals surface area contributed by atoms with Gasteiger partial charge >= 0.3 is 0 Å². The number of unbranched alkanes of at least 4 members (excludes halogenated alkanes) is 1. The molecule has 1 aliphatic heterocycles. The van der Waals surface area contributed by atoms with Crippen LogP contribution in [0.5, 0.6) is 0 Å². The van der Waals surface area contributed by atoms with E-state index in [1.54, 1.807) is 4.90 Å². The first-order valence-corrected chi connectivity index (χ1v) is 11.5. The summed E-state index contributed by atoms with van der Waals surface area (Å²) in [6, 6.07) is 14.0. The van der Waals surface area contributed by atoms with Gasteiger partial charge in [-0.1, -0.05) is 43.7 Å². The van der Waals surface area contributed by atoms with Gasteiger partial charge in [0.2, 0.25) is 11.8 Å². The van der Waals surface area contributed by atoms with Gasteiger partial charge in [0, 0.05) is 38.2 Å². The number of amides is 2. The number of nitrogens with zero attached hydrogens (tertiary/aromatic N) is 4. The fourth-order valence-electron chi connectivity index (χ4n) is 4.68. The lowest BCUT2D eigenvalue weighted by Crippen LogP contribution is -2.32. The van der Waals surface area contributed by atoms with Crippen molar-refractivity contribution in [3.05, 3.63) is 59.4 Å². The maximum Gasteiger partial charge on any atom is 0.242 e. The molecule has 0 bridgehead atoms. The molecule has 1 aromatic heterocycles. The summed E-state index contributed by atoms with van der Waals surface area (Å²) in [5.41, 5.74) is 5.00. The molecule has 32 heavy (non-hydrogen) atoms. The van der Waals surface area contributed by atoms with Crippen LogP contribution in [-0.2, 0) is 16.1 Å². The second-order valence-corrected chi connectivity index (χ2v) is 8.86. The Balaban J connectivity index is 1.67. The van der Waals surface area contributed by atoms with Crippen LogP contribution in [0.4, 0.5) is 5.69 Å². The Morgan fingerprint density at radius 1 is 1.12 bits per heavy atom. The van der Waals surface area contributed by atoms with E-state index in [1.165, 1.54) is 0 Å². The number of aryl methyl sites for hydroxylation is 2. The molecule has 0 spiro atoms. The van der Waals surface area contributed by atoms with Gasteiger partial charge in [-0.3, -0.25) is 9.59 Å². The van der Waals surface area contributed by atoms with Gasteiger partial charge in [0.15, 0.2) is 0 Å². The number of carbonyl (C=O) groups excluding carboxylic acids is 2. The molecule has 4 rings (SSSR count). The van der Waals surface area contributed by atoms with Crippen LogP contribution >= 0.6 is 0 Å². The average molecular weight is 433 g/mol. The monoisotopic (exact) mass is 432 g/mol. The van der Waals surface area contributed by atoms with E-state index in [0.29, 0.717) is 13.0 Å². The minimum Gasteiger partial charge on any atom is -0.344 e. The first-order chi connectivity index (χ1) is 15.4. The molecule has 1 fully saturated rings. The number of anilines is 1. The molecule has 1 atom stereocenters. The number of carbonyl (C=O) groups is 2. The summed E-state index contributed by atoms with van der Waals surface area (Å²) in [7, 11) is 1.86. The third-order valence-corrected chi connectivity index (χ3v) is 6.45. The maximum absolute atomic E-state index is 13.1. The second kappa shape index (κ2) is 9.15. The number of rotatable bonds is 7. The summed E-state index contributed by atoms with van der Waals surface area (Å²) in [6.45, 7) is 7.78. The summed E-state index contributed by atoms with van der Waals surface area (Å²) < 4.78 is 2.02. The minimum atomic E-state index is -0.0531. The van der Waals surface area contributed by atoms with Crippen LogP contribution in [0.3, 0.4) is 0 Å². The van der Waals surface area contributed by atoms with Crippen molar-refractivity contribution in [3.63, 3.8) is 0 Å². The van der Waals surface area contributed by atoms with Crippen molar-refractivity contribution in [2.45, 2.75) is 52.5 Å². The lowest BCUT2D eigenvalue weighted by Gasteiger charge is -2.22. The van der Waals surface area contributed by atoms with Gasteiger partial charge in [-0.05, 0) is 43.5 Å². The highest BCUT2D eigenvalue weighted by atomic mass is 16.2. The second-order valence-electron chi connectivity index (χ2n) is 8.86. The van der Waals surface area contributed by atoms with Gasteiger partial charge in [-0.25, -0.2) is 4.98 Å². The fraction of sp³-hybridized carbons (Fsp3) is 0.423. The average Bonchev–Trinajstić information content (AvgIpc) is 3.32. The molecule has 168 valence electrons. The molecule has 2 amide bonds. The Morgan fingerprint density at radius 3 is 2.56 bits per heavy atom. The van der Waals surface area contributed by atoms with Gasteiger partial charge in [0.1, 0.15) is 12.4 Å². The highest BCUT2D eigenvalue weighted by Crippen LogP contribution is 2.36. The number of likely N-dealkylation sites (N-methyl/N-ethyl adjacent to an activating group) is 1. The van der Waals surface area contributed by atoms with E-state index >= 15 is 0 Å². The number of aromatic nitrogens is 2. The van der Waals surface area contributed by atoms with Crippen molar-refractivity contribution in [2.75, 3.05) is 25.0 Å². The SMILES string of the molecule is CCCCN(C)C(=O)Cn1c(C2CC(=O)N(c3c(C)cccc3C)C2)nc2ccccc21. The molecule has 1 aliphatic rings. The summed E-state index contributed by atoms with van der Waals surface area (Å²) in [5, 5.41) is 0. The Labute approximate surface area is 189 Å². The van der Waals surface area contributed by atoms with Crippen molar-refractivity contribution in [1.29, 1.82) is 0 Å². The molecule has 0 N–H and O–H groups in total. The maximum atomic E-state index is 13.1. The molecule has 0 radical (unpaired) electrons. The van der Waals surface area contributed by atoms with Crippen molar-refractivity contribution in [1.82, 2.24) is 14.5 Å². The molecule has 2 heterocycles. The highest BCUT2D eigenvalue weighted by Gasteiger charge is 2.36. The minimum absolute atomic E-state index is 0.0531. The van der Waals surface area contributed by atoms with Crippen LogP contribution in [0.2, 0.25) is 0 Å². The number of fused-ring (bicyclic) bond motifs is 1. The summed E-state index contributed by atoms with van der Waals surface area (Å²) in [4.78, 5) is 34.6. The van der Waals surface area contributed by atoms with Crippen LogP contribution in [0.1, 0.15) is 49.1 Å². The summed E-state index contributed by atoms with van der Waals surface area (Å²) in [5.74, 6) is 0.948. The quantitative estimate of drug-likeness (QED) is 0.555. The number of hydrogen-bond donors (Lipinski definition) is 0. The molecule has 3 aromatic rings. The molecule has 6 heteroatoms. The zero-order chi connectivity index (χ0) is 22.8. The largest absolute Gasteiger partial charge is 0.344 e. The number of benzene rings is 2. The van der Waals surface area contributed by atoms with Gasteiger partial charge in [-0.2, -0.15) is 0 Å². The van der Waals surface area contributed by atoms with Crippen LogP contribution in [0, 0.1) is 13.8 Å². The van der Waals surface area contributed by atoms with Crippen molar-refractivity contribution >= 4 is 28.5 Å². The summed E-state index contributed by atoms with van der Waals surface area (Å²) in [6.07, 6.45) is 2.44. The van der Waals surface area contributed by atoms with E-state index < -0.39 is 0 Å². The van der Waals surface area contributed by atoms with Crippen molar-refractivity contribution in [2.24, 2.45) is 0 Å². The Morgan fingerprint density at radius 2 is 1.84 bits per heavy atom. The third kappa shape index (κ3) is 4.14. The molecule has 1 saturated heterocycles. The highest BCUT2D eigenvalue weighted by molar-refractivity contribution is 5.98. The molecular formula is C26H32N4O2. The first kappa shape index (κ1) is 22.1. The number of imidazole rings is 1. The smallest absolute Gasteiger partial charge is 0.242 e.